The van der Waals surface area contributed by atoms with E-state index in [1.165, 1.54) is 4.31 Å². The number of nitriles is 1. The predicted octanol–water partition coefficient (Wildman–Crippen LogP) is 0.811. The van der Waals surface area contributed by atoms with E-state index in [1.807, 2.05) is 6.07 Å². The fourth-order valence-corrected chi connectivity index (χ4v) is 3.83. The van der Waals surface area contributed by atoms with Crippen molar-refractivity contribution >= 4 is 10.0 Å². The Bertz CT molecular complexity index is 575. The number of nitrogens with zero attached hydrogens (tertiary/aromatic N) is 2. The van der Waals surface area contributed by atoms with Crippen molar-refractivity contribution < 1.29 is 8.42 Å². The molecule has 2 rings (SSSR count). The van der Waals surface area contributed by atoms with Gasteiger partial charge in [0.25, 0.3) is 0 Å². The molecule has 1 aliphatic rings. The number of nitrogens with two attached hydrogens (primary N) is 1. The molecular formula is C13H17N3O2S. The summed E-state index contributed by atoms with van der Waals surface area (Å²) in [7, 11) is -3.32. The van der Waals surface area contributed by atoms with Crippen LogP contribution in [0.4, 0.5) is 0 Å². The normalized spacial score (nSPS) is 20.9. The second-order valence-electron chi connectivity index (χ2n) is 4.83. The summed E-state index contributed by atoms with van der Waals surface area (Å²) in [6, 6.07) is 8.57. The van der Waals surface area contributed by atoms with Crippen molar-refractivity contribution in [2.75, 3.05) is 13.1 Å². The Labute approximate surface area is 113 Å². The van der Waals surface area contributed by atoms with Crippen LogP contribution in [-0.4, -0.2) is 31.9 Å². The molecule has 1 fully saturated rings. The van der Waals surface area contributed by atoms with E-state index < -0.39 is 10.0 Å². The van der Waals surface area contributed by atoms with E-state index in [0.29, 0.717) is 24.2 Å². The third-order valence-corrected chi connectivity index (χ3v) is 5.06. The Hall–Kier alpha value is -1.42. The monoisotopic (exact) mass is 279 g/mol. The maximum Gasteiger partial charge on any atom is 0.218 e. The summed E-state index contributed by atoms with van der Waals surface area (Å²) in [6.45, 7) is 0.949. The molecule has 2 N–H and O–H groups in total. The summed E-state index contributed by atoms with van der Waals surface area (Å²) >= 11 is 0. The van der Waals surface area contributed by atoms with Crippen LogP contribution in [-0.2, 0) is 15.8 Å². The van der Waals surface area contributed by atoms with Gasteiger partial charge in [0.05, 0.1) is 17.4 Å². The second kappa shape index (κ2) is 5.70. The Kier molecular flexibility index (Phi) is 4.20. The van der Waals surface area contributed by atoms with Crippen LogP contribution in [0.25, 0.3) is 0 Å². The molecule has 5 nitrogen and oxygen atoms in total. The number of benzene rings is 1. The Morgan fingerprint density at radius 1 is 1.37 bits per heavy atom. The van der Waals surface area contributed by atoms with E-state index in [1.54, 1.807) is 24.3 Å². The molecule has 0 aromatic heterocycles. The molecule has 0 saturated carbocycles. The summed E-state index contributed by atoms with van der Waals surface area (Å²) in [5.41, 5.74) is 7.03. The van der Waals surface area contributed by atoms with Gasteiger partial charge in [-0.25, -0.2) is 12.7 Å². The third kappa shape index (κ3) is 3.53. The van der Waals surface area contributed by atoms with Crippen LogP contribution in [0.1, 0.15) is 24.0 Å². The van der Waals surface area contributed by atoms with Crippen LogP contribution >= 0.6 is 0 Å². The minimum atomic E-state index is -3.32. The van der Waals surface area contributed by atoms with Crippen molar-refractivity contribution in [2.45, 2.75) is 24.6 Å². The van der Waals surface area contributed by atoms with E-state index in [-0.39, 0.29) is 11.8 Å². The zero-order valence-corrected chi connectivity index (χ0v) is 11.4. The molecule has 0 bridgehead atoms. The van der Waals surface area contributed by atoms with Gasteiger partial charge < -0.3 is 5.73 Å². The van der Waals surface area contributed by atoms with Crippen LogP contribution < -0.4 is 5.73 Å². The van der Waals surface area contributed by atoms with Crippen molar-refractivity contribution in [3.05, 3.63) is 35.4 Å². The quantitative estimate of drug-likeness (QED) is 0.887. The lowest BCUT2D eigenvalue weighted by Crippen LogP contribution is -2.46. The lowest BCUT2D eigenvalue weighted by atomic mass is 10.1. The van der Waals surface area contributed by atoms with E-state index in [2.05, 4.69) is 0 Å². The van der Waals surface area contributed by atoms with Crippen molar-refractivity contribution in [3.63, 3.8) is 0 Å². The number of sulfonamides is 1. The first kappa shape index (κ1) is 14.0. The molecule has 1 aliphatic heterocycles. The molecule has 0 spiro atoms. The zero-order valence-electron chi connectivity index (χ0n) is 10.6. The fraction of sp³-hybridized carbons (Fsp3) is 0.462. The standard InChI is InChI=1S/C13H17N3O2S/c14-8-11-3-5-12(6-4-11)10-19(17,18)16-7-1-2-13(15)9-16/h3-6,13H,1-2,7,9-10,15H2. The fourth-order valence-electron chi connectivity index (χ4n) is 2.20. The third-order valence-electron chi connectivity index (χ3n) is 3.25. The first-order valence-electron chi connectivity index (χ1n) is 6.24. The zero-order chi connectivity index (χ0) is 13.9. The van der Waals surface area contributed by atoms with Gasteiger partial charge >= 0.3 is 0 Å². The number of rotatable bonds is 3. The summed E-state index contributed by atoms with van der Waals surface area (Å²) in [6.07, 6.45) is 1.69. The molecule has 6 heteroatoms. The molecule has 1 saturated heterocycles. The molecule has 0 radical (unpaired) electrons. The van der Waals surface area contributed by atoms with Gasteiger partial charge in [-0.15, -0.1) is 0 Å². The summed E-state index contributed by atoms with van der Waals surface area (Å²) < 4.78 is 26.0. The highest BCUT2D eigenvalue weighted by atomic mass is 32.2. The van der Waals surface area contributed by atoms with E-state index in [4.69, 9.17) is 11.0 Å². The molecule has 1 aromatic carbocycles. The minimum absolute atomic E-state index is 0.0363. The SMILES string of the molecule is N#Cc1ccc(CS(=O)(=O)N2CCCC(N)C2)cc1. The van der Waals surface area contributed by atoms with Crippen molar-refractivity contribution in [1.82, 2.24) is 4.31 Å². The van der Waals surface area contributed by atoms with Gasteiger partial charge in [0.2, 0.25) is 10.0 Å². The van der Waals surface area contributed by atoms with Crippen LogP contribution in [0.5, 0.6) is 0 Å². The summed E-state index contributed by atoms with van der Waals surface area (Å²) in [5.74, 6) is -0.0363. The maximum atomic E-state index is 12.3. The van der Waals surface area contributed by atoms with Crippen molar-refractivity contribution in [1.29, 1.82) is 5.26 Å². The number of piperidine rings is 1. The van der Waals surface area contributed by atoms with Crippen molar-refractivity contribution in [3.8, 4) is 6.07 Å². The molecule has 1 heterocycles. The molecular weight excluding hydrogens is 262 g/mol. The van der Waals surface area contributed by atoms with Gasteiger partial charge in [-0.05, 0) is 30.5 Å². The lowest BCUT2D eigenvalue weighted by molar-refractivity contribution is 0.316. The van der Waals surface area contributed by atoms with E-state index in [9.17, 15) is 8.42 Å². The van der Waals surface area contributed by atoms with Crippen molar-refractivity contribution in [2.24, 2.45) is 5.73 Å². The average Bonchev–Trinajstić information content (AvgIpc) is 2.39. The molecule has 1 unspecified atom stereocenters. The highest BCUT2D eigenvalue weighted by Crippen LogP contribution is 2.17. The Morgan fingerprint density at radius 3 is 2.63 bits per heavy atom. The van der Waals surface area contributed by atoms with Crippen LogP contribution in [0.15, 0.2) is 24.3 Å². The van der Waals surface area contributed by atoms with Gasteiger partial charge in [0.1, 0.15) is 0 Å². The van der Waals surface area contributed by atoms with Gasteiger partial charge in [-0.2, -0.15) is 5.26 Å². The number of hydrogen-bond donors (Lipinski definition) is 1. The highest BCUT2D eigenvalue weighted by Gasteiger charge is 2.27. The molecule has 0 aliphatic carbocycles. The molecule has 1 aromatic rings. The molecule has 19 heavy (non-hydrogen) atoms. The van der Waals surface area contributed by atoms with Crippen LogP contribution in [0, 0.1) is 11.3 Å². The Balaban J connectivity index is 2.09. The predicted molar refractivity (Wildman–Crippen MR) is 72.6 cm³/mol. The van der Waals surface area contributed by atoms with E-state index >= 15 is 0 Å². The van der Waals surface area contributed by atoms with E-state index in [0.717, 1.165) is 12.8 Å². The average molecular weight is 279 g/mol. The maximum absolute atomic E-state index is 12.3. The molecule has 1 atom stereocenters. The molecule has 102 valence electrons. The first-order valence-corrected chi connectivity index (χ1v) is 7.84. The van der Waals surface area contributed by atoms with Crippen LogP contribution in [0.3, 0.4) is 0 Å². The Morgan fingerprint density at radius 2 is 2.05 bits per heavy atom. The summed E-state index contributed by atoms with van der Waals surface area (Å²) in [5, 5.41) is 8.70. The topological polar surface area (TPSA) is 87.2 Å². The van der Waals surface area contributed by atoms with Gasteiger partial charge in [-0.1, -0.05) is 12.1 Å². The van der Waals surface area contributed by atoms with Gasteiger partial charge in [0.15, 0.2) is 0 Å². The number of hydrogen-bond acceptors (Lipinski definition) is 4. The summed E-state index contributed by atoms with van der Waals surface area (Å²) in [4.78, 5) is 0. The van der Waals surface area contributed by atoms with Gasteiger partial charge in [0, 0.05) is 19.1 Å². The lowest BCUT2D eigenvalue weighted by Gasteiger charge is -2.29. The second-order valence-corrected chi connectivity index (χ2v) is 6.79. The molecule has 0 amide bonds. The smallest absolute Gasteiger partial charge is 0.218 e. The van der Waals surface area contributed by atoms with Gasteiger partial charge in [-0.3, -0.25) is 0 Å². The highest BCUT2D eigenvalue weighted by molar-refractivity contribution is 7.88. The van der Waals surface area contributed by atoms with Crippen LogP contribution in [0.2, 0.25) is 0 Å². The minimum Gasteiger partial charge on any atom is -0.327 e. The first-order chi connectivity index (χ1) is 9.01. The largest absolute Gasteiger partial charge is 0.327 e.